The molecule has 2 aliphatic rings. The Morgan fingerprint density at radius 3 is 2.14 bits per heavy atom. The minimum atomic E-state index is -4.13. The van der Waals surface area contributed by atoms with Gasteiger partial charge in [-0.05, 0) is 11.1 Å². The van der Waals surface area contributed by atoms with E-state index < -0.39 is 12.6 Å². The Morgan fingerprint density at radius 1 is 0.964 bits per heavy atom. The Morgan fingerprint density at radius 2 is 1.57 bits per heavy atom. The Bertz CT molecular complexity index is 775. The highest BCUT2D eigenvalue weighted by molar-refractivity contribution is 5.36. The molecule has 0 bridgehead atoms. The Hall–Kier alpha value is -1.89. The Labute approximate surface area is 163 Å². The van der Waals surface area contributed by atoms with E-state index in [0.717, 1.165) is 11.1 Å². The summed E-state index contributed by atoms with van der Waals surface area (Å²) in [4.78, 5) is 4.18. The first-order chi connectivity index (χ1) is 13.4. The van der Waals surface area contributed by atoms with E-state index in [-0.39, 0.29) is 30.7 Å². The summed E-state index contributed by atoms with van der Waals surface area (Å²) >= 11 is 0. The Balaban J connectivity index is 1.55. The fraction of sp³-hybridized carbons (Fsp3) is 0.455. The van der Waals surface area contributed by atoms with Gasteiger partial charge in [-0.25, -0.2) is 0 Å². The normalized spacial score (nSPS) is 24.7. The van der Waals surface area contributed by atoms with E-state index in [2.05, 4.69) is 29.2 Å². The van der Waals surface area contributed by atoms with Crippen LogP contribution in [0.2, 0.25) is 0 Å². The quantitative estimate of drug-likeness (QED) is 0.816. The van der Waals surface area contributed by atoms with Crippen LogP contribution in [0.1, 0.15) is 23.5 Å². The van der Waals surface area contributed by atoms with Gasteiger partial charge in [0.25, 0.3) is 0 Å². The van der Waals surface area contributed by atoms with Gasteiger partial charge in [-0.2, -0.15) is 13.2 Å². The fourth-order valence-electron chi connectivity index (χ4n) is 4.97. The summed E-state index contributed by atoms with van der Waals surface area (Å²) in [7, 11) is 0. The monoisotopic (exact) mass is 390 g/mol. The van der Waals surface area contributed by atoms with E-state index in [9.17, 15) is 18.3 Å². The van der Waals surface area contributed by atoms with Crippen LogP contribution in [0.15, 0.2) is 60.7 Å². The van der Waals surface area contributed by atoms with Crippen LogP contribution in [-0.4, -0.2) is 58.9 Å². The van der Waals surface area contributed by atoms with Gasteiger partial charge in [-0.15, -0.1) is 0 Å². The molecule has 4 rings (SSSR count). The number of halogens is 3. The van der Waals surface area contributed by atoms with E-state index >= 15 is 0 Å². The highest BCUT2D eigenvalue weighted by Gasteiger charge is 2.65. The third-order valence-corrected chi connectivity index (χ3v) is 6.18. The van der Waals surface area contributed by atoms with Crippen LogP contribution in [0.4, 0.5) is 13.2 Å². The van der Waals surface area contributed by atoms with E-state index in [0.29, 0.717) is 19.6 Å². The van der Waals surface area contributed by atoms with Crippen molar-refractivity contribution in [2.75, 3.05) is 26.2 Å². The van der Waals surface area contributed by atoms with Crippen molar-refractivity contribution >= 4 is 0 Å². The van der Waals surface area contributed by atoms with Crippen molar-refractivity contribution in [2.45, 2.75) is 36.6 Å². The van der Waals surface area contributed by atoms with E-state index in [4.69, 9.17) is 0 Å². The SMILES string of the molecule is OC[C@@H]1[C@@H](c2ccccc2)C2(CN(CCC(F)(F)F)C2)N1Cc1ccccc1. The lowest BCUT2D eigenvalue weighted by Crippen LogP contribution is -2.84. The summed E-state index contributed by atoms with van der Waals surface area (Å²) in [6, 6.07) is 20.1. The zero-order valence-corrected chi connectivity index (χ0v) is 15.6. The summed E-state index contributed by atoms with van der Waals surface area (Å²) in [5.74, 6) is 0.129. The van der Waals surface area contributed by atoms with Crippen LogP contribution < -0.4 is 0 Å². The molecule has 0 radical (unpaired) electrons. The van der Waals surface area contributed by atoms with Crippen molar-refractivity contribution in [3.05, 3.63) is 71.8 Å². The first-order valence-corrected chi connectivity index (χ1v) is 9.68. The van der Waals surface area contributed by atoms with Crippen molar-refractivity contribution in [3.63, 3.8) is 0 Å². The molecule has 0 aliphatic carbocycles. The number of nitrogens with zero attached hydrogens (tertiary/aromatic N) is 2. The number of hydrogen-bond acceptors (Lipinski definition) is 3. The van der Waals surface area contributed by atoms with Crippen LogP contribution in [0.25, 0.3) is 0 Å². The minimum Gasteiger partial charge on any atom is -0.395 e. The molecule has 2 aliphatic heterocycles. The summed E-state index contributed by atoms with van der Waals surface area (Å²) < 4.78 is 37.9. The van der Waals surface area contributed by atoms with Gasteiger partial charge in [0, 0.05) is 38.1 Å². The fourth-order valence-corrected chi connectivity index (χ4v) is 4.97. The minimum absolute atomic E-state index is 0.0210. The van der Waals surface area contributed by atoms with Crippen molar-refractivity contribution in [1.29, 1.82) is 0 Å². The molecule has 0 aromatic heterocycles. The predicted molar refractivity (Wildman–Crippen MR) is 102 cm³/mol. The number of benzene rings is 2. The zero-order chi connectivity index (χ0) is 19.8. The number of likely N-dealkylation sites (tertiary alicyclic amines) is 2. The second kappa shape index (κ2) is 7.50. The molecule has 3 nitrogen and oxygen atoms in total. The maximum absolute atomic E-state index is 12.6. The van der Waals surface area contributed by atoms with Crippen molar-refractivity contribution in [1.82, 2.24) is 9.80 Å². The first kappa shape index (κ1) is 19.4. The maximum Gasteiger partial charge on any atom is 0.390 e. The smallest absolute Gasteiger partial charge is 0.390 e. The number of rotatable bonds is 6. The van der Waals surface area contributed by atoms with Crippen LogP contribution in [0.5, 0.6) is 0 Å². The highest BCUT2D eigenvalue weighted by atomic mass is 19.4. The molecule has 1 spiro atoms. The summed E-state index contributed by atoms with van der Waals surface area (Å²) in [5.41, 5.74) is 2.10. The zero-order valence-electron chi connectivity index (χ0n) is 15.6. The lowest BCUT2D eigenvalue weighted by Gasteiger charge is -2.71. The van der Waals surface area contributed by atoms with Crippen LogP contribution >= 0.6 is 0 Å². The number of aliphatic hydroxyl groups is 1. The van der Waals surface area contributed by atoms with Gasteiger partial charge in [0.05, 0.1) is 18.6 Å². The molecule has 2 heterocycles. The maximum atomic E-state index is 12.6. The first-order valence-electron chi connectivity index (χ1n) is 9.68. The summed E-state index contributed by atoms with van der Waals surface area (Å²) in [5, 5.41) is 10.1. The molecule has 0 unspecified atom stereocenters. The third-order valence-electron chi connectivity index (χ3n) is 6.18. The molecular weight excluding hydrogens is 365 g/mol. The lowest BCUT2D eigenvalue weighted by molar-refractivity contribution is -0.204. The molecular formula is C22H25F3N2O. The van der Waals surface area contributed by atoms with E-state index in [1.165, 1.54) is 0 Å². The molecule has 0 amide bonds. The average molecular weight is 390 g/mol. The van der Waals surface area contributed by atoms with E-state index in [1.807, 2.05) is 41.3 Å². The molecule has 2 fully saturated rings. The average Bonchev–Trinajstić information content (AvgIpc) is 2.64. The highest BCUT2D eigenvalue weighted by Crippen LogP contribution is 2.54. The van der Waals surface area contributed by atoms with Crippen molar-refractivity contribution in [3.8, 4) is 0 Å². The van der Waals surface area contributed by atoms with Gasteiger partial charge >= 0.3 is 6.18 Å². The standard InChI is InChI=1S/C22H25F3N2O/c23-22(24,25)11-12-26-15-21(16-26)20(18-9-5-2-6-10-18)19(14-28)27(21)13-17-7-3-1-4-8-17/h1-10,19-20,28H,11-16H2/t19-,20-/m1/s1. The molecule has 0 saturated carbocycles. The van der Waals surface area contributed by atoms with Gasteiger partial charge in [0.2, 0.25) is 0 Å². The Kier molecular flexibility index (Phi) is 5.21. The molecule has 2 atom stereocenters. The molecule has 28 heavy (non-hydrogen) atoms. The third kappa shape index (κ3) is 3.56. The predicted octanol–water partition coefficient (Wildman–Crippen LogP) is 3.65. The van der Waals surface area contributed by atoms with Gasteiger partial charge < -0.3 is 5.11 Å². The number of hydrogen-bond donors (Lipinski definition) is 1. The van der Waals surface area contributed by atoms with Crippen LogP contribution in [-0.2, 0) is 6.54 Å². The number of alkyl halides is 3. The van der Waals surface area contributed by atoms with Gasteiger partial charge in [-0.1, -0.05) is 60.7 Å². The molecule has 6 heteroatoms. The van der Waals surface area contributed by atoms with E-state index in [1.54, 1.807) is 0 Å². The molecule has 1 N–H and O–H groups in total. The lowest BCUT2D eigenvalue weighted by atomic mass is 9.60. The molecule has 2 aromatic rings. The largest absolute Gasteiger partial charge is 0.395 e. The van der Waals surface area contributed by atoms with Crippen molar-refractivity contribution < 1.29 is 18.3 Å². The van der Waals surface area contributed by atoms with Gasteiger partial charge in [-0.3, -0.25) is 9.80 Å². The number of aliphatic hydroxyl groups excluding tert-OH is 1. The topological polar surface area (TPSA) is 26.7 Å². The van der Waals surface area contributed by atoms with Crippen LogP contribution in [0, 0.1) is 0 Å². The molecule has 150 valence electrons. The van der Waals surface area contributed by atoms with Crippen LogP contribution in [0.3, 0.4) is 0 Å². The molecule has 2 saturated heterocycles. The van der Waals surface area contributed by atoms with Crippen molar-refractivity contribution in [2.24, 2.45) is 0 Å². The summed E-state index contributed by atoms with van der Waals surface area (Å²) in [6.45, 7) is 1.98. The van der Waals surface area contributed by atoms with Gasteiger partial charge in [0.1, 0.15) is 0 Å². The second-order valence-electron chi connectivity index (χ2n) is 7.93. The van der Waals surface area contributed by atoms with Gasteiger partial charge in [0.15, 0.2) is 0 Å². The molecule has 2 aromatic carbocycles. The summed E-state index contributed by atoms with van der Waals surface area (Å²) in [6.07, 6.45) is -4.90. The second-order valence-corrected chi connectivity index (χ2v) is 7.93.